The minimum Gasteiger partial charge on any atom is -0.499 e. The van der Waals surface area contributed by atoms with Crippen LogP contribution in [0, 0.1) is 0 Å². The lowest BCUT2D eigenvalue weighted by Crippen LogP contribution is -2.49. The van der Waals surface area contributed by atoms with E-state index in [9.17, 15) is 9.59 Å². The molecule has 1 amide bonds. The molecule has 1 saturated heterocycles. The van der Waals surface area contributed by atoms with Gasteiger partial charge in [-0.15, -0.1) is 0 Å². The van der Waals surface area contributed by atoms with E-state index in [4.69, 9.17) is 9.47 Å². The number of carbonyl (C=O) groups is 2. The van der Waals surface area contributed by atoms with Crippen LogP contribution in [-0.4, -0.2) is 29.9 Å². The summed E-state index contributed by atoms with van der Waals surface area (Å²) in [6.07, 6.45) is 1.07. The monoisotopic (exact) mass is 273 g/mol. The van der Waals surface area contributed by atoms with Crippen molar-refractivity contribution in [2.75, 3.05) is 7.11 Å². The van der Waals surface area contributed by atoms with E-state index in [1.165, 1.54) is 12.0 Å². The van der Waals surface area contributed by atoms with E-state index in [-0.39, 0.29) is 24.3 Å². The van der Waals surface area contributed by atoms with Gasteiger partial charge in [0.15, 0.2) is 5.70 Å². The second-order valence-corrected chi connectivity index (χ2v) is 4.86. The molecule has 1 atom stereocenters. The molecule has 0 saturated carbocycles. The van der Waals surface area contributed by atoms with Gasteiger partial charge < -0.3 is 9.47 Å². The maximum absolute atomic E-state index is 12.2. The molecular weight excluding hydrogens is 258 g/mol. The molecule has 0 bridgehead atoms. The summed E-state index contributed by atoms with van der Waals surface area (Å²) < 4.78 is 10.5. The Labute approximate surface area is 116 Å². The largest absolute Gasteiger partial charge is 0.499 e. The average molecular weight is 273 g/mol. The van der Waals surface area contributed by atoms with E-state index in [0.717, 1.165) is 5.56 Å². The number of ether oxygens (including phenoxy) is 2. The topological polar surface area (TPSA) is 55.8 Å². The highest BCUT2D eigenvalue weighted by atomic mass is 16.5. The van der Waals surface area contributed by atoms with E-state index < -0.39 is 5.97 Å². The number of nitrogens with zero attached hydrogens (tertiary/aromatic N) is 1. The number of hydrogen-bond acceptors (Lipinski definition) is 4. The van der Waals surface area contributed by atoms with Crippen molar-refractivity contribution >= 4 is 11.9 Å². The number of benzene rings is 1. The van der Waals surface area contributed by atoms with Gasteiger partial charge in [0, 0.05) is 12.8 Å². The highest BCUT2D eigenvalue weighted by Gasteiger charge is 2.48. The lowest BCUT2D eigenvalue weighted by atomic mass is 10.0. The molecular formula is C15H15NO4. The molecule has 2 aliphatic heterocycles. The van der Waals surface area contributed by atoms with Crippen LogP contribution in [0.15, 0.2) is 41.8 Å². The molecule has 1 aromatic carbocycles. The number of rotatable bonds is 4. The maximum atomic E-state index is 12.2. The molecule has 5 heteroatoms. The van der Waals surface area contributed by atoms with Gasteiger partial charge in [-0.1, -0.05) is 30.3 Å². The first kappa shape index (κ1) is 12.7. The molecule has 0 radical (unpaired) electrons. The third kappa shape index (κ3) is 2.05. The zero-order chi connectivity index (χ0) is 14.1. The predicted octanol–water partition coefficient (Wildman–Crippen LogP) is 1.59. The summed E-state index contributed by atoms with van der Waals surface area (Å²) in [5, 5.41) is 0. The van der Waals surface area contributed by atoms with Gasteiger partial charge in [0.25, 0.3) is 0 Å². The van der Waals surface area contributed by atoms with Gasteiger partial charge in [0.05, 0.1) is 13.2 Å². The fourth-order valence-electron chi connectivity index (χ4n) is 2.58. The Morgan fingerprint density at radius 2 is 2.05 bits per heavy atom. The number of methoxy groups -OCH3 is 1. The van der Waals surface area contributed by atoms with Gasteiger partial charge in [-0.25, -0.2) is 4.79 Å². The van der Waals surface area contributed by atoms with Crippen molar-refractivity contribution in [3.8, 4) is 0 Å². The zero-order valence-electron chi connectivity index (χ0n) is 11.2. The standard InChI is InChI=1S/C15H15NO4/c1-19-12-7-11-8-13(17)16(11)14(12)15(18)20-9-10-5-3-2-4-6-10/h2-6,11H,7-9H2,1H3. The van der Waals surface area contributed by atoms with Crippen LogP contribution in [0.25, 0.3) is 0 Å². The Balaban J connectivity index is 1.71. The molecule has 3 rings (SSSR count). The predicted molar refractivity (Wildman–Crippen MR) is 70.1 cm³/mol. The third-order valence-electron chi connectivity index (χ3n) is 3.62. The molecule has 1 fully saturated rings. The highest BCUT2D eigenvalue weighted by molar-refractivity contribution is 5.98. The molecule has 0 spiro atoms. The van der Waals surface area contributed by atoms with E-state index in [1.807, 2.05) is 30.3 Å². The first-order chi connectivity index (χ1) is 9.70. The molecule has 2 aliphatic rings. The summed E-state index contributed by atoms with van der Waals surface area (Å²) in [6.45, 7) is 0.187. The number of esters is 1. The minimum atomic E-state index is -0.499. The number of β-lactam (4-membered cyclic amide) rings is 1. The Morgan fingerprint density at radius 1 is 1.30 bits per heavy atom. The summed E-state index contributed by atoms with van der Waals surface area (Å²) in [5.41, 5.74) is 1.18. The minimum absolute atomic E-state index is 0.0475. The second kappa shape index (κ2) is 5.00. The van der Waals surface area contributed by atoms with Gasteiger partial charge in [0.2, 0.25) is 5.91 Å². The lowest BCUT2D eigenvalue weighted by molar-refractivity contribution is -0.151. The van der Waals surface area contributed by atoms with Crippen molar-refractivity contribution in [1.82, 2.24) is 4.90 Å². The summed E-state index contributed by atoms with van der Waals surface area (Å²) in [7, 11) is 1.51. The van der Waals surface area contributed by atoms with Crippen LogP contribution in [0.5, 0.6) is 0 Å². The molecule has 1 aromatic rings. The van der Waals surface area contributed by atoms with E-state index in [2.05, 4.69) is 0 Å². The quantitative estimate of drug-likeness (QED) is 0.617. The molecule has 0 aromatic heterocycles. The maximum Gasteiger partial charge on any atom is 0.358 e. The van der Waals surface area contributed by atoms with Crippen molar-refractivity contribution < 1.29 is 19.1 Å². The van der Waals surface area contributed by atoms with Crippen molar-refractivity contribution in [1.29, 1.82) is 0 Å². The van der Waals surface area contributed by atoms with Crippen LogP contribution in [0.1, 0.15) is 18.4 Å². The van der Waals surface area contributed by atoms with Gasteiger partial charge in [-0.3, -0.25) is 9.69 Å². The zero-order valence-corrected chi connectivity index (χ0v) is 11.2. The average Bonchev–Trinajstić information content (AvgIpc) is 2.78. The summed E-state index contributed by atoms with van der Waals surface area (Å²) >= 11 is 0. The summed E-state index contributed by atoms with van der Waals surface area (Å²) in [6, 6.07) is 9.49. The van der Waals surface area contributed by atoms with Gasteiger partial charge in [-0.2, -0.15) is 0 Å². The molecule has 1 unspecified atom stereocenters. The summed E-state index contributed by atoms with van der Waals surface area (Å²) in [4.78, 5) is 25.3. The first-order valence-corrected chi connectivity index (χ1v) is 6.51. The first-order valence-electron chi connectivity index (χ1n) is 6.51. The fourth-order valence-corrected chi connectivity index (χ4v) is 2.58. The second-order valence-electron chi connectivity index (χ2n) is 4.86. The molecule has 104 valence electrons. The highest BCUT2D eigenvalue weighted by Crippen LogP contribution is 2.38. The van der Waals surface area contributed by atoms with Crippen LogP contribution in [0.4, 0.5) is 0 Å². The van der Waals surface area contributed by atoms with Crippen LogP contribution in [0.2, 0.25) is 0 Å². The van der Waals surface area contributed by atoms with Crippen molar-refractivity contribution in [3.05, 3.63) is 47.4 Å². The number of carbonyl (C=O) groups excluding carboxylic acids is 2. The van der Waals surface area contributed by atoms with E-state index in [0.29, 0.717) is 18.6 Å². The van der Waals surface area contributed by atoms with Crippen molar-refractivity contribution in [2.45, 2.75) is 25.5 Å². The normalized spacial score (nSPS) is 20.6. The third-order valence-corrected chi connectivity index (χ3v) is 3.62. The van der Waals surface area contributed by atoms with Gasteiger partial charge in [-0.05, 0) is 5.56 Å². The Kier molecular flexibility index (Phi) is 3.18. The summed E-state index contributed by atoms with van der Waals surface area (Å²) in [5.74, 6) is -0.00567. The van der Waals surface area contributed by atoms with E-state index >= 15 is 0 Å². The number of amides is 1. The molecule has 0 N–H and O–H groups in total. The fraction of sp³-hybridized carbons (Fsp3) is 0.333. The Hall–Kier alpha value is -2.30. The Morgan fingerprint density at radius 3 is 2.70 bits per heavy atom. The van der Waals surface area contributed by atoms with Crippen LogP contribution in [0.3, 0.4) is 0 Å². The number of hydrogen-bond donors (Lipinski definition) is 0. The lowest BCUT2D eigenvalue weighted by Gasteiger charge is -2.35. The van der Waals surface area contributed by atoms with Gasteiger partial charge >= 0.3 is 5.97 Å². The van der Waals surface area contributed by atoms with Crippen molar-refractivity contribution in [3.63, 3.8) is 0 Å². The molecule has 0 aliphatic carbocycles. The van der Waals surface area contributed by atoms with E-state index in [1.54, 1.807) is 0 Å². The van der Waals surface area contributed by atoms with Crippen LogP contribution in [-0.2, 0) is 25.7 Å². The SMILES string of the molecule is COC1=C(C(=O)OCc2ccccc2)N2C(=O)CC2C1. The van der Waals surface area contributed by atoms with Crippen LogP contribution < -0.4 is 0 Å². The van der Waals surface area contributed by atoms with Gasteiger partial charge in [0.1, 0.15) is 12.4 Å². The molecule has 20 heavy (non-hydrogen) atoms. The van der Waals surface area contributed by atoms with Crippen molar-refractivity contribution in [2.24, 2.45) is 0 Å². The smallest absolute Gasteiger partial charge is 0.358 e. The van der Waals surface area contributed by atoms with Crippen LogP contribution >= 0.6 is 0 Å². The Bertz CT molecular complexity index is 579. The molecule has 5 nitrogen and oxygen atoms in total. The number of fused-ring (bicyclic) bond motifs is 1. The molecule has 2 heterocycles.